The van der Waals surface area contributed by atoms with E-state index in [4.69, 9.17) is 5.73 Å². The largest absolute Gasteiger partial charge is 0.350 e. The van der Waals surface area contributed by atoms with Crippen LogP contribution >= 0.6 is 0 Å². The molecule has 3 N–H and O–H groups in total. The van der Waals surface area contributed by atoms with Gasteiger partial charge >= 0.3 is 6.03 Å². The van der Waals surface area contributed by atoms with E-state index in [2.05, 4.69) is 5.10 Å². The molecule has 1 rings (SSSR count). The summed E-state index contributed by atoms with van der Waals surface area (Å²) in [6.07, 6.45) is 10.2. The van der Waals surface area contributed by atoms with Gasteiger partial charge in [-0.15, -0.1) is 0 Å². The topological polar surface area (TPSA) is 84.6 Å². The van der Waals surface area contributed by atoms with Gasteiger partial charge in [0.25, 0.3) is 0 Å². The van der Waals surface area contributed by atoms with Crippen LogP contribution in [0.15, 0.2) is 5.10 Å². The lowest BCUT2D eigenvalue weighted by molar-refractivity contribution is -0.116. The molecule has 17 heavy (non-hydrogen) atoms. The van der Waals surface area contributed by atoms with Crippen LogP contribution in [0.2, 0.25) is 0 Å². The van der Waals surface area contributed by atoms with Gasteiger partial charge in [0.15, 0.2) is 5.78 Å². The minimum absolute atomic E-state index is 0.000602. The Labute approximate surface area is 102 Å². The van der Waals surface area contributed by atoms with Crippen LogP contribution in [0.3, 0.4) is 0 Å². The highest BCUT2D eigenvalue weighted by molar-refractivity contribution is 6.28. The molecule has 5 heteroatoms. The highest BCUT2D eigenvalue weighted by atomic mass is 16.2. The van der Waals surface area contributed by atoms with Crippen molar-refractivity contribution in [2.75, 3.05) is 0 Å². The predicted molar refractivity (Wildman–Crippen MR) is 66.6 cm³/mol. The molecule has 5 nitrogen and oxygen atoms in total. The maximum atomic E-state index is 11.8. The van der Waals surface area contributed by atoms with Gasteiger partial charge in [0.2, 0.25) is 0 Å². The molecule has 1 fully saturated rings. The van der Waals surface area contributed by atoms with E-state index in [0.717, 1.165) is 25.7 Å². The van der Waals surface area contributed by atoms with E-state index in [1.807, 2.05) is 5.43 Å². The first-order valence-corrected chi connectivity index (χ1v) is 6.32. The molecule has 0 spiro atoms. The molecule has 0 radical (unpaired) electrons. The van der Waals surface area contributed by atoms with Crippen LogP contribution in [-0.2, 0) is 4.79 Å². The van der Waals surface area contributed by atoms with Gasteiger partial charge in [0.1, 0.15) is 0 Å². The second-order valence-corrected chi connectivity index (χ2v) is 4.53. The minimum Gasteiger partial charge on any atom is -0.350 e. The van der Waals surface area contributed by atoms with Gasteiger partial charge < -0.3 is 5.73 Å². The molecular weight excluding hydrogens is 218 g/mol. The molecule has 2 amide bonds. The molecule has 0 aromatic carbocycles. The lowest BCUT2D eigenvalue weighted by Gasteiger charge is -2.11. The van der Waals surface area contributed by atoms with Crippen LogP contribution < -0.4 is 11.2 Å². The fourth-order valence-electron chi connectivity index (χ4n) is 2.18. The van der Waals surface area contributed by atoms with Crippen molar-refractivity contribution in [2.45, 2.75) is 51.4 Å². The Morgan fingerprint density at radius 1 is 1.06 bits per heavy atom. The standard InChI is InChI=1S/C12H21N3O2/c13-12(17)15-14-9-11(16)10-7-5-3-1-2-4-6-8-10/h9-10H,1-8H2,(H3,13,15,17)/b14-9+. The van der Waals surface area contributed by atoms with Gasteiger partial charge in [-0.1, -0.05) is 38.5 Å². The lowest BCUT2D eigenvalue weighted by Crippen LogP contribution is -2.26. The number of carbonyl (C=O) groups is 2. The van der Waals surface area contributed by atoms with E-state index in [1.165, 1.54) is 31.9 Å². The first kappa shape index (κ1) is 13.7. The molecule has 96 valence electrons. The molecule has 1 saturated carbocycles. The normalized spacial score (nSPS) is 19.3. The van der Waals surface area contributed by atoms with Crippen molar-refractivity contribution in [2.24, 2.45) is 16.8 Å². The van der Waals surface area contributed by atoms with Crippen LogP contribution in [-0.4, -0.2) is 18.0 Å². The number of carbonyl (C=O) groups excluding carboxylic acids is 2. The monoisotopic (exact) mass is 239 g/mol. The highest BCUT2D eigenvalue weighted by Gasteiger charge is 2.17. The van der Waals surface area contributed by atoms with E-state index in [-0.39, 0.29) is 11.7 Å². The Morgan fingerprint density at radius 2 is 1.59 bits per heavy atom. The quantitative estimate of drug-likeness (QED) is 0.582. The van der Waals surface area contributed by atoms with Crippen molar-refractivity contribution in [1.29, 1.82) is 0 Å². The van der Waals surface area contributed by atoms with Crippen LogP contribution in [0.5, 0.6) is 0 Å². The molecule has 1 aliphatic rings. The predicted octanol–water partition coefficient (Wildman–Crippen LogP) is 1.96. The smallest absolute Gasteiger partial charge is 0.332 e. The van der Waals surface area contributed by atoms with E-state index in [0.29, 0.717) is 0 Å². The minimum atomic E-state index is -0.747. The Kier molecular flexibility index (Phi) is 6.29. The zero-order valence-electron chi connectivity index (χ0n) is 10.2. The number of nitrogens with zero attached hydrogens (tertiary/aromatic N) is 1. The van der Waals surface area contributed by atoms with Crippen molar-refractivity contribution in [3.63, 3.8) is 0 Å². The summed E-state index contributed by atoms with van der Waals surface area (Å²) >= 11 is 0. The van der Waals surface area contributed by atoms with E-state index >= 15 is 0 Å². The summed E-state index contributed by atoms with van der Waals surface area (Å²) in [6.45, 7) is 0. The molecule has 0 bridgehead atoms. The van der Waals surface area contributed by atoms with Gasteiger partial charge in [-0.05, 0) is 12.8 Å². The third-order valence-electron chi connectivity index (χ3n) is 3.12. The first-order chi connectivity index (χ1) is 8.20. The van der Waals surface area contributed by atoms with Gasteiger partial charge in [-0.25, -0.2) is 10.2 Å². The van der Waals surface area contributed by atoms with Gasteiger partial charge in [-0.3, -0.25) is 4.79 Å². The number of nitrogens with one attached hydrogen (secondary N) is 1. The molecule has 0 heterocycles. The molecule has 0 saturated heterocycles. The second kappa shape index (κ2) is 7.81. The van der Waals surface area contributed by atoms with Gasteiger partial charge in [0, 0.05) is 5.92 Å². The number of hydrogen-bond donors (Lipinski definition) is 2. The van der Waals surface area contributed by atoms with E-state index in [1.54, 1.807) is 0 Å². The van der Waals surface area contributed by atoms with Crippen LogP contribution in [0.1, 0.15) is 51.4 Å². The second-order valence-electron chi connectivity index (χ2n) is 4.53. The number of rotatable bonds is 3. The number of urea groups is 1. The number of ketones is 1. The summed E-state index contributed by atoms with van der Waals surface area (Å²) in [4.78, 5) is 22.2. The highest BCUT2D eigenvalue weighted by Crippen LogP contribution is 2.21. The SMILES string of the molecule is NC(=O)N/N=C/C(=O)C1CCCCCCCC1. The summed E-state index contributed by atoms with van der Waals surface area (Å²) in [5.74, 6) is 0.0622. The van der Waals surface area contributed by atoms with Crippen molar-refractivity contribution < 1.29 is 9.59 Å². The zero-order chi connectivity index (χ0) is 12.5. The fourth-order valence-corrected chi connectivity index (χ4v) is 2.18. The zero-order valence-corrected chi connectivity index (χ0v) is 10.2. The Balaban J connectivity index is 2.41. The van der Waals surface area contributed by atoms with E-state index < -0.39 is 6.03 Å². The Morgan fingerprint density at radius 3 is 2.12 bits per heavy atom. The van der Waals surface area contributed by atoms with Crippen molar-refractivity contribution in [3.8, 4) is 0 Å². The molecule has 1 aliphatic carbocycles. The molecule has 0 aromatic rings. The Hall–Kier alpha value is -1.39. The third kappa shape index (κ3) is 6.04. The number of primary amides is 1. The summed E-state index contributed by atoms with van der Waals surface area (Å²) in [6, 6.07) is -0.747. The molecular formula is C12H21N3O2. The molecule has 0 atom stereocenters. The van der Waals surface area contributed by atoms with Crippen LogP contribution in [0, 0.1) is 5.92 Å². The lowest BCUT2D eigenvalue weighted by atomic mass is 9.93. The molecule has 0 aromatic heterocycles. The Bertz CT molecular complexity index is 279. The van der Waals surface area contributed by atoms with Gasteiger partial charge in [0.05, 0.1) is 6.21 Å². The van der Waals surface area contributed by atoms with Crippen molar-refractivity contribution in [3.05, 3.63) is 0 Å². The maximum Gasteiger partial charge on any atom is 0.332 e. The average molecular weight is 239 g/mol. The summed E-state index contributed by atoms with van der Waals surface area (Å²) in [5.41, 5.74) is 6.89. The molecule has 0 unspecified atom stereocenters. The first-order valence-electron chi connectivity index (χ1n) is 6.32. The number of Topliss-reactive ketones (excluding diaryl/α,β-unsaturated/α-hetero) is 1. The fraction of sp³-hybridized carbons (Fsp3) is 0.750. The number of amides is 2. The maximum absolute atomic E-state index is 11.8. The average Bonchev–Trinajstić information content (AvgIpc) is 2.41. The summed E-state index contributed by atoms with van der Waals surface area (Å²) < 4.78 is 0. The molecule has 0 aliphatic heterocycles. The van der Waals surface area contributed by atoms with Gasteiger partial charge in [-0.2, -0.15) is 5.10 Å². The number of hydrogen-bond acceptors (Lipinski definition) is 3. The van der Waals surface area contributed by atoms with Crippen LogP contribution in [0.4, 0.5) is 4.79 Å². The number of hydrazone groups is 1. The summed E-state index contributed by atoms with van der Waals surface area (Å²) in [5, 5.41) is 3.52. The van der Waals surface area contributed by atoms with E-state index in [9.17, 15) is 9.59 Å². The van der Waals surface area contributed by atoms with Crippen molar-refractivity contribution >= 4 is 18.0 Å². The summed E-state index contributed by atoms with van der Waals surface area (Å²) in [7, 11) is 0. The van der Waals surface area contributed by atoms with Crippen LogP contribution in [0.25, 0.3) is 0 Å². The van der Waals surface area contributed by atoms with Crippen molar-refractivity contribution in [1.82, 2.24) is 5.43 Å². The number of nitrogens with two attached hydrogens (primary N) is 1. The third-order valence-corrected chi connectivity index (χ3v) is 3.12.